The lowest BCUT2D eigenvalue weighted by Crippen LogP contribution is -2.38. The van der Waals surface area contributed by atoms with Gasteiger partial charge in [0.25, 0.3) is 0 Å². The molecule has 5 nitrogen and oxygen atoms in total. The Bertz CT molecular complexity index is 1080. The lowest BCUT2D eigenvalue weighted by molar-refractivity contribution is -0.136. The van der Waals surface area contributed by atoms with E-state index < -0.39 is 9.84 Å². The summed E-state index contributed by atoms with van der Waals surface area (Å²) in [5.41, 5.74) is 5.04. The first kappa shape index (κ1) is 22.8. The number of amides is 1. The molecule has 1 saturated heterocycles. The normalized spacial score (nSPS) is 22.7. The van der Waals surface area contributed by atoms with E-state index in [1.165, 1.54) is 11.1 Å². The maximum Gasteiger partial charge on any atom is 0.225 e. The third-order valence-electron chi connectivity index (χ3n) is 7.57. The molecule has 2 atom stereocenters. The minimum atomic E-state index is -2.97. The summed E-state index contributed by atoms with van der Waals surface area (Å²) in [6.45, 7) is 6.62. The zero-order chi connectivity index (χ0) is 23.1. The van der Waals surface area contributed by atoms with Crippen LogP contribution in [0, 0.1) is 5.92 Å². The number of hydrogen-bond acceptors (Lipinski definition) is 4. The number of nitrogens with zero attached hydrogens (tertiary/aromatic N) is 1. The SMILES string of the molecule is CC(c1ccc(NC2Cc3ccccc3C2(C)C)cc1)N(C)C(=O)C1CCS(=O)(=O)CC1. The molecule has 172 valence electrons. The van der Waals surface area contributed by atoms with E-state index in [-0.39, 0.29) is 34.8 Å². The third kappa shape index (κ3) is 4.42. The Morgan fingerprint density at radius 1 is 1.06 bits per heavy atom. The number of fused-ring (bicyclic) bond motifs is 1. The highest BCUT2D eigenvalue weighted by molar-refractivity contribution is 7.91. The number of benzene rings is 2. The van der Waals surface area contributed by atoms with Gasteiger partial charge in [-0.25, -0.2) is 8.42 Å². The van der Waals surface area contributed by atoms with Crippen LogP contribution in [0.25, 0.3) is 0 Å². The number of nitrogens with one attached hydrogen (secondary N) is 1. The summed E-state index contributed by atoms with van der Waals surface area (Å²) in [4.78, 5) is 14.7. The van der Waals surface area contributed by atoms with Gasteiger partial charge in [0.15, 0.2) is 0 Å². The van der Waals surface area contributed by atoms with E-state index in [2.05, 4.69) is 67.7 Å². The van der Waals surface area contributed by atoms with Gasteiger partial charge in [-0.2, -0.15) is 0 Å². The topological polar surface area (TPSA) is 66.5 Å². The van der Waals surface area contributed by atoms with Crippen molar-refractivity contribution in [2.24, 2.45) is 5.92 Å². The molecule has 2 aliphatic rings. The molecule has 1 amide bonds. The molecular formula is C26H34N2O3S. The van der Waals surface area contributed by atoms with E-state index in [4.69, 9.17) is 0 Å². The minimum absolute atomic E-state index is 0.0417. The van der Waals surface area contributed by atoms with Gasteiger partial charge in [0.05, 0.1) is 17.5 Å². The van der Waals surface area contributed by atoms with E-state index in [1.54, 1.807) is 4.90 Å². The summed E-state index contributed by atoms with van der Waals surface area (Å²) in [6.07, 6.45) is 1.87. The molecule has 6 heteroatoms. The van der Waals surface area contributed by atoms with Crippen molar-refractivity contribution in [3.8, 4) is 0 Å². The number of carbonyl (C=O) groups is 1. The highest BCUT2D eigenvalue weighted by atomic mass is 32.2. The van der Waals surface area contributed by atoms with Crippen LogP contribution in [-0.2, 0) is 26.5 Å². The van der Waals surface area contributed by atoms with Crippen molar-refractivity contribution in [2.45, 2.75) is 57.5 Å². The molecule has 0 radical (unpaired) electrons. The first-order valence-electron chi connectivity index (χ1n) is 11.5. The highest BCUT2D eigenvalue weighted by Gasteiger charge is 2.39. The fourth-order valence-corrected chi connectivity index (χ4v) is 6.61. The zero-order valence-electron chi connectivity index (χ0n) is 19.5. The maximum absolute atomic E-state index is 12.9. The smallest absolute Gasteiger partial charge is 0.225 e. The quantitative estimate of drug-likeness (QED) is 0.730. The van der Waals surface area contributed by atoms with E-state index in [0.29, 0.717) is 18.9 Å². The molecule has 2 aromatic carbocycles. The first-order chi connectivity index (χ1) is 15.1. The van der Waals surface area contributed by atoms with Crippen LogP contribution >= 0.6 is 0 Å². The Kier molecular flexibility index (Phi) is 6.10. The molecule has 1 aliphatic carbocycles. The van der Waals surface area contributed by atoms with E-state index >= 15 is 0 Å². The fourth-order valence-electron chi connectivity index (χ4n) is 5.12. The molecule has 4 rings (SSSR count). The second-order valence-corrected chi connectivity index (χ2v) is 12.3. The van der Waals surface area contributed by atoms with Crippen molar-refractivity contribution < 1.29 is 13.2 Å². The van der Waals surface area contributed by atoms with Gasteiger partial charge in [-0.15, -0.1) is 0 Å². The van der Waals surface area contributed by atoms with E-state index in [1.807, 2.05) is 14.0 Å². The summed E-state index contributed by atoms with van der Waals surface area (Å²) in [5, 5.41) is 3.72. The Hall–Kier alpha value is -2.34. The standard InChI is InChI=1S/C26H34N2O3S/c1-18(28(4)25(29)20-13-15-32(30,31)16-14-20)19-9-11-22(12-10-19)27-24-17-21-7-5-6-8-23(21)26(24,2)3/h5-12,18,20,24,27H,13-17H2,1-4H3. The van der Waals surface area contributed by atoms with Gasteiger partial charge in [-0.3, -0.25) is 4.79 Å². The summed E-state index contributed by atoms with van der Waals surface area (Å²) < 4.78 is 23.3. The van der Waals surface area contributed by atoms with Crippen molar-refractivity contribution in [3.63, 3.8) is 0 Å². The summed E-state index contributed by atoms with van der Waals surface area (Å²) in [6, 6.07) is 17.3. The number of carbonyl (C=O) groups excluding carboxylic acids is 1. The minimum Gasteiger partial charge on any atom is -0.381 e. The van der Waals surface area contributed by atoms with Gasteiger partial charge in [-0.05, 0) is 55.0 Å². The molecule has 1 heterocycles. The summed E-state index contributed by atoms with van der Waals surface area (Å²) >= 11 is 0. The molecule has 2 aromatic rings. The Morgan fingerprint density at radius 2 is 1.69 bits per heavy atom. The van der Waals surface area contributed by atoms with Crippen LogP contribution in [0.15, 0.2) is 48.5 Å². The second-order valence-electron chi connectivity index (χ2n) is 9.95. The summed E-state index contributed by atoms with van der Waals surface area (Å²) in [5.74, 6) is 0.0824. The Labute approximate surface area is 192 Å². The molecule has 0 saturated carbocycles. The van der Waals surface area contributed by atoms with Crippen molar-refractivity contribution in [1.82, 2.24) is 4.90 Å². The van der Waals surface area contributed by atoms with Crippen LogP contribution in [0.5, 0.6) is 0 Å². The van der Waals surface area contributed by atoms with E-state index in [0.717, 1.165) is 17.7 Å². The zero-order valence-corrected chi connectivity index (χ0v) is 20.3. The van der Waals surface area contributed by atoms with Crippen LogP contribution in [0.1, 0.15) is 56.3 Å². The van der Waals surface area contributed by atoms with Crippen LogP contribution in [0.3, 0.4) is 0 Å². The van der Waals surface area contributed by atoms with Gasteiger partial charge in [0, 0.05) is 30.1 Å². The number of rotatable bonds is 5. The molecule has 0 bridgehead atoms. The molecule has 1 fully saturated rings. The van der Waals surface area contributed by atoms with Gasteiger partial charge in [-0.1, -0.05) is 50.2 Å². The maximum atomic E-state index is 12.9. The molecular weight excluding hydrogens is 420 g/mol. The number of hydrogen-bond donors (Lipinski definition) is 1. The van der Waals surface area contributed by atoms with Crippen LogP contribution in [-0.4, -0.2) is 43.8 Å². The molecule has 32 heavy (non-hydrogen) atoms. The van der Waals surface area contributed by atoms with Crippen molar-refractivity contribution in [1.29, 1.82) is 0 Å². The lowest BCUT2D eigenvalue weighted by atomic mass is 9.83. The number of anilines is 1. The van der Waals surface area contributed by atoms with Gasteiger partial charge in [0.2, 0.25) is 5.91 Å². The second kappa shape index (κ2) is 8.54. The van der Waals surface area contributed by atoms with Gasteiger partial charge < -0.3 is 10.2 Å². The predicted molar refractivity (Wildman–Crippen MR) is 130 cm³/mol. The lowest BCUT2D eigenvalue weighted by Gasteiger charge is -2.31. The highest BCUT2D eigenvalue weighted by Crippen LogP contribution is 2.40. The largest absolute Gasteiger partial charge is 0.381 e. The first-order valence-corrected chi connectivity index (χ1v) is 13.3. The monoisotopic (exact) mass is 454 g/mol. The number of sulfone groups is 1. The summed E-state index contributed by atoms with van der Waals surface area (Å²) in [7, 11) is -1.15. The molecule has 0 spiro atoms. The van der Waals surface area contributed by atoms with Crippen LogP contribution in [0.2, 0.25) is 0 Å². The molecule has 2 unspecified atom stereocenters. The molecule has 0 aromatic heterocycles. The van der Waals surface area contributed by atoms with Crippen molar-refractivity contribution in [3.05, 3.63) is 65.2 Å². The predicted octanol–water partition coefficient (Wildman–Crippen LogP) is 4.35. The third-order valence-corrected chi connectivity index (χ3v) is 9.29. The van der Waals surface area contributed by atoms with Gasteiger partial charge >= 0.3 is 0 Å². The Morgan fingerprint density at radius 3 is 2.31 bits per heavy atom. The van der Waals surface area contributed by atoms with Crippen molar-refractivity contribution >= 4 is 21.4 Å². The average Bonchev–Trinajstić information content (AvgIpc) is 3.02. The molecule has 1 N–H and O–H groups in total. The average molecular weight is 455 g/mol. The van der Waals surface area contributed by atoms with Gasteiger partial charge in [0.1, 0.15) is 9.84 Å². The van der Waals surface area contributed by atoms with E-state index in [9.17, 15) is 13.2 Å². The van der Waals surface area contributed by atoms with Crippen LogP contribution < -0.4 is 5.32 Å². The van der Waals surface area contributed by atoms with Crippen LogP contribution in [0.4, 0.5) is 5.69 Å². The Balaban J connectivity index is 1.40. The fraction of sp³-hybridized carbons (Fsp3) is 0.500. The molecule has 1 aliphatic heterocycles. The van der Waals surface area contributed by atoms with Crippen molar-refractivity contribution in [2.75, 3.05) is 23.9 Å².